The van der Waals surface area contributed by atoms with Crippen LogP contribution in [0, 0.1) is 11.8 Å². The molecule has 106 valence electrons. The first-order valence-electron chi connectivity index (χ1n) is 7.26. The topological polar surface area (TPSA) is 21.3 Å². The average molecular weight is 261 g/mol. The summed E-state index contributed by atoms with van der Waals surface area (Å²) < 4.78 is 31.5. The number of ether oxygens (including phenoxy) is 1. The quantitative estimate of drug-likeness (QED) is 0.839. The number of hydrogen-bond acceptors (Lipinski definition) is 2. The van der Waals surface area contributed by atoms with Crippen molar-refractivity contribution in [2.45, 2.75) is 57.4 Å². The van der Waals surface area contributed by atoms with Crippen molar-refractivity contribution in [1.82, 2.24) is 5.32 Å². The molecular formula is C14H25F2NO. The molecule has 0 bridgehead atoms. The maximum Gasteiger partial charge on any atom is 0.248 e. The third-order valence-electron chi connectivity index (χ3n) is 4.47. The SMILES string of the molecule is C[C@H](NCC1CCC(F)(F)CC1)[C@@H]1CCCOC1. The van der Waals surface area contributed by atoms with E-state index in [9.17, 15) is 8.78 Å². The number of hydrogen-bond donors (Lipinski definition) is 1. The summed E-state index contributed by atoms with van der Waals surface area (Å²) in [4.78, 5) is 0. The molecule has 1 saturated carbocycles. The Morgan fingerprint density at radius 2 is 2.00 bits per heavy atom. The molecule has 1 aliphatic carbocycles. The summed E-state index contributed by atoms with van der Waals surface area (Å²) >= 11 is 0. The van der Waals surface area contributed by atoms with E-state index in [1.54, 1.807) is 0 Å². The van der Waals surface area contributed by atoms with Crippen LogP contribution in [0.15, 0.2) is 0 Å². The minimum atomic E-state index is -2.40. The van der Waals surface area contributed by atoms with Gasteiger partial charge in [0.25, 0.3) is 0 Å². The van der Waals surface area contributed by atoms with Crippen LogP contribution in [-0.4, -0.2) is 31.7 Å². The van der Waals surface area contributed by atoms with Crippen LogP contribution in [-0.2, 0) is 4.74 Å². The Labute approximate surface area is 108 Å². The van der Waals surface area contributed by atoms with Crippen molar-refractivity contribution in [2.75, 3.05) is 19.8 Å². The van der Waals surface area contributed by atoms with Gasteiger partial charge < -0.3 is 10.1 Å². The molecule has 0 amide bonds. The normalized spacial score (nSPS) is 31.2. The first kappa shape index (κ1) is 14.2. The molecule has 1 saturated heterocycles. The molecule has 1 heterocycles. The molecule has 1 N–H and O–H groups in total. The largest absolute Gasteiger partial charge is 0.381 e. The molecule has 4 heteroatoms. The van der Waals surface area contributed by atoms with Crippen LogP contribution in [0.25, 0.3) is 0 Å². The molecule has 2 nitrogen and oxygen atoms in total. The predicted molar refractivity (Wildman–Crippen MR) is 67.9 cm³/mol. The maximum atomic E-state index is 13.0. The van der Waals surface area contributed by atoms with E-state index in [4.69, 9.17) is 4.74 Å². The zero-order chi connectivity index (χ0) is 13.0. The molecule has 2 rings (SSSR count). The minimum absolute atomic E-state index is 0.0697. The fourth-order valence-corrected chi connectivity index (χ4v) is 2.98. The second-order valence-electron chi connectivity index (χ2n) is 5.97. The summed E-state index contributed by atoms with van der Waals surface area (Å²) in [5.41, 5.74) is 0. The van der Waals surface area contributed by atoms with Gasteiger partial charge >= 0.3 is 0 Å². The Bertz CT molecular complexity index is 244. The van der Waals surface area contributed by atoms with E-state index in [2.05, 4.69) is 12.2 Å². The maximum absolute atomic E-state index is 13.0. The number of alkyl halides is 2. The summed E-state index contributed by atoms with van der Waals surface area (Å²) in [7, 11) is 0. The van der Waals surface area contributed by atoms with Crippen LogP contribution >= 0.6 is 0 Å². The molecule has 0 unspecified atom stereocenters. The zero-order valence-corrected chi connectivity index (χ0v) is 11.3. The molecular weight excluding hydrogens is 236 g/mol. The second-order valence-corrected chi connectivity index (χ2v) is 5.97. The Balaban J connectivity index is 1.65. The van der Waals surface area contributed by atoms with Gasteiger partial charge in [-0.05, 0) is 51.0 Å². The van der Waals surface area contributed by atoms with Crippen molar-refractivity contribution < 1.29 is 13.5 Å². The molecule has 0 aromatic heterocycles. The molecule has 0 radical (unpaired) electrons. The lowest BCUT2D eigenvalue weighted by atomic mass is 9.86. The van der Waals surface area contributed by atoms with E-state index in [1.807, 2.05) is 0 Å². The standard InChI is InChI=1S/C14H25F2NO/c1-11(13-3-2-8-18-10-13)17-9-12-4-6-14(15,16)7-5-12/h11-13,17H,2-10H2,1H3/t11-,13+/m0/s1. The Morgan fingerprint density at radius 3 is 2.61 bits per heavy atom. The van der Waals surface area contributed by atoms with Gasteiger partial charge in [-0.3, -0.25) is 0 Å². The van der Waals surface area contributed by atoms with Crippen molar-refractivity contribution in [3.8, 4) is 0 Å². The van der Waals surface area contributed by atoms with Crippen LogP contribution in [0.2, 0.25) is 0 Å². The van der Waals surface area contributed by atoms with E-state index < -0.39 is 5.92 Å². The predicted octanol–water partition coefficient (Wildman–Crippen LogP) is 3.22. The van der Waals surface area contributed by atoms with Crippen LogP contribution in [0.5, 0.6) is 0 Å². The molecule has 0 spiro atoms. The molecule has 0 aromatic rings. The summed E-state index contributed by atoms with van der Waals surface area (Å²) in [5.74, 6) is -1.39. The first-order chi connectivity index (χ1) is 8.57. The molecule has 0 aromatic carbocycles. The van der Waals surface area contributed by atoms with Gasteiger partial charge in [0.1, 0.15) is 0 Å². The van der Waals surface area contributed by atoms with Crippen molar-refractivity contribution in [1.29, 1.82) is 0 Å². The minimum Gasteiger partial charge on any atom is -0.381 e. The molecule has 18 heavy (non-hydrogen) atoms. The highest BCUT2D eigenvalue weighted by molar-refractivity contribution is 4.81. The Hall–Kier alpha value is -0.220. The summed E-state index contributed by atoms with van der Waals surface area (Å²) in [6.45, 7) is 4.81. The number of halogens is 2. The highest BCUT2D eigenvalue weighted by atomic mass is 19.3. The monoisotopic (exact) mass is 261 g/mol. The highest BCUT2D eigenvalue weighted by Gasteiger charge is 2.34. The van der Waals surface area contributed by atoms with Gasteiger partial charge in [-0.2, -0.15) is 0 Å². The lowest BCUT2D eigenvalue weighted by molar-refractivity contribution is -0.0460. The fourth-order valence-electron chi connectivity index (χ4n) is 2.98. The second kappa shape index (κ2) is 6.29. The Kier molecular flexibility index (Phi) is 4.96. The van der Waals surface area contributed by atoms with Crippen molar-refractivity contribution >= 4 is 0 Å². The molecule has 2 fully saturated rings. The van der Waals surface area contributed by atoms with Crippen molar-refractivity contribution in [3.05, 3.63) is 0 Å². The van der Waals surface area contributed by atoms with Crippen LogP contribution in [0.1, 0.15) is 45.4 Å². The van der Waals surface area contributed by atoms with E-state index >= 15 is 0 Å². The summed E-state index contributed by atoms with van der Waals surface area (Å²) in [5, 5.41) is 3.52. The first-order valence-corrected chi connectivity index (χ1v) is 7.26. The van der Waals surface area contributed by atoms with Crippen molar-refractivity contribution in [3.63, 3.8) is 0 Å². The summed E-state index contributed by atoms with van der Waals surface area (Å²) in [6.07, 6.45) is 3.82. The molecule has 2 aliphatic rings. The van der Waals surface area contributed by atoms with Crippen LogP contribution in [0.4, 0.5) is 8.78 Å². The zero-order valence-electron chi connectivity index (χ0n) is 11.3. The van der Waals surface area contributed by atoms with Crippen LogP contribution < -0.4 is 5.32 Å². The van der Waals surface area contributed by atoms with Gasteiger partial charge in [0.15, 0.2) is 0 Å². The fraction of sp³-hybridized carbons (Fsp3) is 1.00. The third-order valence-corrected chi connectivity index (χ3v) is 4.47. The third kappa shape index (κ3) is 4.16. The van der Waals surface area contributed by atoms with Crippen molar-refractivity contribution in [2.24, 2.45) is 11.8 Å². The molecule has 1 aliphatic heterocycles. The van der Waals surface area contributed by atoms with Gasteiger partial charge in [0, 0.05) is 25.5 Å². The lowest BCUT2D eigenvalue weighted by Gasteiger charge is -2.32. The van der Waals surface area contributed by atoms with E-state index in [-0.39, 0.29) is 12.8 Å². The van der Waals surface area contributed by atoms with E-state index in [0.29, 0.717) is 30.7 Å². The van der Waals surface area contributed by atoms with Gasteiger partial charge in [-0.15, -0.1) is 0 Å². The average Bonchev–Trinajstić information content (AvgIpc) is 2.38. The lowest BCUT2D eigenvalue weighted by Crippen LogP contribution is -2.41. The van der Waals surface area contributed by atoms with Gasteiger partial charge in [0.2, 0.25) is 5.92 Å². The Morgan fingerprint density at radius 1 is 1.28 bits per heavy atom. The van der Waals surface area contributed by atoms with E-state index in [0.717, 1.165) is 26.2 Å². The smallest absolute Gasteiger partial charge is 0.248 e. The van der Waals surface area contributed by atoms with Gasteiger partial charge in [-0.1, -0.05) is 0 Å². The summed E-state index contributed by atoms with van der Waals surface area (Å²) in [6, 6.07) is 0.438. The number of nitrogens with one attached hydrogen (secondary N) is 1. The molecule has 2 atom stereocenters. The number of rotatable bonds is 4. The van der Waals surface area contributed by atoms with E-state index in [1.165, 1.54) is 6.42 Å². The van der Waals surface area contributed by atoms with Gasteiger partial charge in [-0.25, -0.2) is 8.78 Å². The highest BCUT2D eigenvalue weighted by Crippen LogP contribution is 2.35. The van der Waals surface area contributed by atoms with Crippen LogP contribution in [0.3, 0.4) is 0 Å². The van der Waals surface area contributed by atoms with Gasteiger partial charge in [0.05, 0.1) is 6.61 Å².